The molecule has 0 bridgehead atoms. The fraction of sp³-hybridized carbons (Fsp3) is 0.0526. The van der Waals surface area contributed by atoms with E-state index in [2.05, 4.69) is 0 Å². The van der Waals surface area contributed by atoms with E-state index >= 15 is 0 Å². The van der Waals surface area contributed by atoms with Gasteiger partial charge in [-0.15, -0.1) is 4.57 Å². The number of nitrogens with zero attached hydrogens (tertiary/aromatic N) is 1. The molecule has 2 aromatic carbocycles. The van der Waals surface area contributed by atoms with Crippen LogP contribution in [0.2, 0.25) is 0 Å². The van der Waals surface area contributed by atoms with Crippen LogP contribution in [-0.4, -0.2) is 22.9 Å². The maximum absolute atomic E-state index is 13.0. The first-order valence-electron chi connectivity index (χ1n) is 8.00. The third-order valence-corrected chi connectivity index (χ3v) is 6.41. The van der Waals surface area contributed by atoms with Crippen molar-refractivity contribution in [2.45, 2.75) is 4.34 Å². The Morgan fingerprint density at radius 1 is 1.04 bits per heavy atom. The van der Waals surface area contributed by atoms with Crippen LogP contribution in [0.5, 0.6) is 23.0 Å². The van der Waals surface area contributed by atoms with Gasteiger partial charge in [-0.25, -0.2) is 4.79 Å². The van der Waals surface area contributed by atoms with Gasteiger partial charge in [0.1, 0.15) is 4.91 Å². The fourth-order valence-corrected chi connectivity index (χ4v) is 5.13. The molecule has 0 amide bonds. The highest BCUT2D eigenvalue weighted by Gasteiger charge is 2.41. The summed E-state index contributed by atoms with van der Waals surface area (Å²) in [5.74, 6) is 0.825. The first kappa shape index (κ1) is 16.2. The highest BCUT2D eigenvalue weighted by molar-refractivity contribution is 8.05. The van der Waals surface area contributed by atoms with Gasteiger partial charge in [0.15, 0.2) is 23.0 Å². The van der Waals surface area contributed by atoms with Crippen LogP contribution < -0.4 is 14.0 Å². The molecule has 5 rings (SSSR count). The minimum absolute atomic E-state index is 0.128. The number of phenols is 2. The van der Waals surface area contributed by atoms with Crippen LogP contribution in [0.1, 0.15) is 10.4 Å². The summed E-state index contributed by atoms with van der Waals surface area (Å²) < 4.78 is 13.2. The van der Waals surface area contributed by atoms with Crippen molar-refractivity contribution < 1.29 is 29.0 Å². The Morgan fingerprint density at radius 3 is 2.74 bits per heavy atom. The number of rotatable bonds is 2. The molecule has 2 aliphatic heterocycles. The summed E-state index contributed by atoms with van der Waals surface area (Å²) in [6, 6.07) is 10.1. The highest BCUT2D eigenvalue weighted by atomic mass is 32.2. The van der Waals surface area contributed by atoms with Crippen molar-refractivity contribution in [2.75, 3.05) is 6.79 Å². The van der Waals surface area contributed by atoms with Crippen molar-refractivity contribution in [2.24, 2.45) is 0 Å². The van der Waals surface area contributed by atoms with Crippen LogP contribution in [0.4, 0.5) is 0 Å². The summed E-state index contributed by atoms with van der Waals surface area (Å²) in [4.78, 5) is 13.6. The molecule has 0 fully saturated rings. The Bertz CT molecular complexity index is 1140. The Morgan fingerprint density at radius 2 is 1.89 bits per heavy atom. The summed E-state index contributed by atoms with van der Waals surface area (Å²) >= 11 is 2.86. The maximum atomic E-state index is 13.0. The molecule has 0 unspecified atom stereocenters. The summed E-state index contributed by atoms with van der Waals surface area (Å²) in [7, 11) is 0. The van der Waals surface area contributed by atoms with Gasteiger partial charge in [-0.3, -0.25) is 0 Å². The zero-order valence-corrected chi connectivity index (χ0v) is 15.3. The van der Waals surface area contributed by atoms with Crippen molar-refractivity contribution in [1.29, 1.82) is 0 Å². The van der Waals surface area contributed by atoms with Crippen LogP contribution in [0, 0.1) is 0 Å². The van der Waals surface area contributed by atoms with Gasteiger partial charge in [-0.05, 0) is 42.0 Å². The largest absolute Gasteiger partial charge is 0.504 e. The van der Waals surface area contributed by atoms with Gasteiger partial charge in [0.05, 0.1) is 10.9 Å². The molecule has 0 saturated heterocycles. The minimum Gasteiger partial charge on any atom is -0.504 e. The van der Waals surface area contributed by atoms with E-state index in [-0.39, 0.29) is 24.2 Å². The monoisotopic (exact) mass is 398 g/mol. The third-order valence-electron chi connectivity index (χ3n) is 4.27. The van der Waals surface area contributed by atoms with Crippen molar-refractivity contribution in [3.05, 3.63) is 52.2 Å². The number of carbonyl (C=O) groups excluding carboxylic acids is 1. The molecular formula is C19H12NO5S2+. The van der Waals surface area contributed by atoms with Gasteiger partial charge in [0.25, 0.3) is 0 Å². The molecule has 0 spiro atoms. The van der Waals surface area contributed by atoms with Crippen molar-refractivity contribution in [1.82, 2.24) is 0 Å². The fourth-order valence-electron chi connectivity index (χ4n) is 2.95. The molecule has 6 nitrogen and oxygen atoms in total. The smallest absolute Gasteiger partial charge is 0.433 e. The normalized spacial score (nSPS) is 16.1. The Kier molecular flexibility index (Phi) is 3.63. The first-order valence-corrected chi connectivity index (χ1v) is 9.69. The lowest BCUT2D eigenvalue weighted by Gasteiger charge is -1.99. The zero-order valence-electron chi connectivity index (χ0n) is 13.7. The molecule has 8 heteroatoms. The third kappa shape index (κ3) is 2.65. The number of hydrogen-bond acceptors (Lipinski definition) is 7. The van der Waals surface area contributed by atoms with Crippen LogP contribution in [0.25, 0.3) is 17.3 Å². The highest BCUT2D eigenvalue weighted by Crippen LogP contribution is 2.40. The van der Waals surface area contributed by atoms with Crippen LogP contribution in [0.15, 0.2) is 51.0 Å². The van der Waals surface area contributed by atoms with E-state index in [0.29, 0.717) is 27.7 Å². The number of ether oxygens (including phenoxy) is 2. The van der Waals surface area contributed by atoms with Crippen molar-refractivity contribution >= 4 is 35.1 Å². The number of fused-ring (bicyclic) bond motifs is 2. The molecule has 134 valence electrons. The number of hydrogen-bond donors (Lipinski definition) is 2. The summed E-state index contributed by atoms with van der Waals surface area (Å²) in [6.45, 7) is 0.207. The molecule has 0 atom stereocenters. The Hall–Kier alpha value is -2.97. The molecule has 0 aliphatic carbocycles. The van der Waals surface area contributed by atoms with E-state index in [0.717, 1.165) is 9.90 Å². The van der Waals surface area contributed by atoms with Crippen molar-refractivity contribution in [3.63, 3.8) is 0 Å². The van der Waals surface area contributed by atoms with E-state index in [4.69, 9.17) is 9.47 Å². The van der Waals surface area contributed by atoms with Crippen LogP contribution in [-0.2, 0) is 0 Å². The van der Waals surface area contributed by atoms with Gasteiger partial charge in [-0.2, -0.15) is 0 Å². The number of carbonyl (C=O) groups is 1. The molecule has 2 aliphatic rings. The summed E-state index contributed by atoms with van der Waals surface area (Å²) in [6.07, 6.45) is 1.83. The molecule has 0 saturated carbocycles. The van der Waals surface area contributed by atoms with E-state index in [1.165, 1.54) is 35.2 Å². The summed E-state index contributed by atoms with van der Waals surface area (Å²) in [5.41, 5.74) is 2.19. The molecule has 3 heterocycles. The number of thioether (sulfide) groups is 1. The van der Waals surface area contributed by atoms with E-state index in [9.17, 15) is 15.0 Å². The summed E-state index contributed by atoms with van der Waals surface area (Å²) in [5, 5.41) is 21.1. The Labute approximate surface area is 161 Å². The second-order valence-electron chi connectivity index (χ2n) is 5.95. The molecular weight excluding hydrogens is 386 g/mol. The number of thiazole rings is 1. The minimum atomic E-state index is -0.220. The lowest BCUT2D eigenvalue weighted by atomic mass is 10.1. The van der Waals surface area contributed by atoms with E-state index < -0.39 is 0 Å². The molecule has 2 N–H and O–H groups in total. The van der Waals surface area contributed by atoms with Gasteiger partial charge >= 0.3 is 10.2 Å². The van der Waals surface area contributed by atoms with Gasteiger partial charge in [0.2, 0.25) is 12.5 Å². The average Bonchev–Trinajstić information content (AvgIpc) is 3.35. The van der Waals surface area contributed by atoms with Gasteiger partial charge in [-0.1, -0.05) is 17.4 Å². The number of benzene rings is 2. The van der Waals surface area contributed by atoms with Gasteiger partial charge < -0.3 is 19.7 Å². The molecule has 0 radical (unpaired) electrons. The number of phenolic OH excluding ortho intramolecular Hbond substituents is 2. The lowest BCUT2D eigenvalue weighted by Crippen LogP contribution is -2.40. The second-order valence-corrected chi connectivity index (χ2v) is 8.10. The van der Waals surface area contributed by atoms with Crippen molar-refractivity contribution in [3.8, 4) is 34.3 Å². The molecule has 1 aromatic heterocycles. The predicted molar refractivity (Wildman–Crippen MR) is 100 cm³/mol. The maximum Gasteiger partial charge on any atom is 0.433 e. The zero-order chi connectivity index (χ0) is 18.5. The molecule has 27 heavy (non-hydrogen) atoms. The van der Waals surface area contributed by atoms with Crippen LogP contribution in [0.3, 0.4) is 0 Å². The van der Waals surface area contributed by atoms with Crippen LogP contribution >= 0.6 is 23.1 Å². The average molecular weight is 398 g/mol. The Balaban J connectivity index is 1.51. The lowest BCUT2D eigenvalue weighted by molar-refractivity contribution is -0.588. The SMILES string of the molecule is O=C1C(=Cc2ccc3c(c2)OCO3)Sc2scc(-c3ccc(O)c(O)c3)[n+]21. The van der Waals surface area contributed by atoms with Gasteiger partial charge in [0, 0.05) is 11.8 Å². The standard InChI is InChI=1S/C19H11NO5S2/c21-13-3-2-11(7-14(13)22)12-8-26-19-20(12)18(23)17(27-19)6-10-1-4-15-16(5-10)25-9-24-15/h1-8H,9H2,(H-,21,22)/p+1. The number of allylic oxidation sites excluding steroid dienone is 1. The number of aromatic hydroxyl groups is 2. The quantitative estimate of drug-likeness (QED) is 0.390. The second kappa shape index (κ2) is 6.04. The topological polar surface area (TPSA) is 79.9 Å². The van der Waals surface area contributed by atoms with E-state index in [1.807, 2.05) is 29.7 Å². The predicted octanol–water partition coefficient (Wildman–Crippen LogP) is 3.63. The number of aromatic nitrogens is 1. The van der Waals surface area contributed by atoms with E-state index in [1.54, 1.807) is 10.6 Å². The molecule has 3 aromatic rings. The first-order chi connectivity index (χ1) is 13.1.